The number of carbonyl (C=O) groups is 2. The van der Waals surface area contributed by atoms with Crippen molar-refractivity contribution in [1.82, 2.24) is 9.80 Å². The summed E-state index contributed by atoms with van der Waals surface area (Å²) in [5, 5.41) is 2.07. The van der Waals surface area contributed by atoms with Crippen LogP contribution in [-0.4, -0.2) is 55.0 Å². The smallest absolute Gasteiger partial charge is 0.254 e. The molecule has 2 amide bonds. The maximum Gasteiger partial charge on any atom is 0.254 e. The predicted molar refractivity (Wildman–Crippen MR) is 138 cm³/mol. The van der Waals surface area contributed by atoms with Gasteiger partial charge in [0.1, 0.15) is 13.2 Å². The number of carbonyl (C=O) groups excluding carboxylic acids is 2. The fraction of sp³-hybridized carbons (Fsp3) is 0.357. The molecule has 35 heavy (non-hydrogen) atoms. The molecule has 0 bridgehead atoms. The molecule has 0 N–H and O–H groups in total. The van der Waals surface area contributed by atoms with Crippen LogP contribution in [0.15, 0.2) is 60.0 Å². The Bertz CT molecular complexity index is 1160. The molecule has 0 saturated carbocycles. The van der Waals surface area contributed by atoms with E-state index >= 15 is 0 Å². The average Bonchev–Trinajstić information content (AvgIpc) is 3.36. The number of fused-ring (bicyclic) bond motifs is 1. The van der Waals surface area contributed by atoms with E-state index in [0.29, 0.717) is 36.8 Å². The van der Waals surface area contributed by atoms with Gasteiger partial charge in [-0.1, -0.05) is 36.8 Å². The molecule has 0 spiro atoms. The van der Waals surface area contributed by atoms with Gasteiger partial charge in [-0.25, -0.2) is 0 Å². The Labute approximate surface area is 211 Å². The van der Waals surface area contributed by atoms with Gasteiger partial charge in [0.15, 0.2) is 11.5 Å². The van der Waals surface area contributed by atoms with Crippen LogP contribution in [0.3, 0.4) is 0 Å². The van der Waals surface area contributed by atoms with Crippen LogP contribution >= 0.6 is 11.3 Å². The highest BCUT2D eigenvalue weighted by Gasteiger charge is 2.33. The van der Waals surface area contributed by atoms with Crippen molar-refractivity contribution in [2.75, 3.05) is 33.4 Å². The lowest BCUT2D eigenvalue weighted by molar-refractivity contribution is -0.135. The minimum atomic E-state index is -0.222. The number of benzene rings is 2. The molecule has 1 aromatic heterocycles. The van der Waals surface area contributed by atoms with Gasteiger partial charge in [0.25, 0.3) is 5.91 Å². The molecule has 1 unspecified atom stereocenters. The van der Waals surface area contributed by atoms with Crippen LogP contribution in [0, 0.1) is 6.92 Å². The van der Waals surface area contributed by atoms with Gasteiger partial charge >= 0.3 is 0 Å². The summed E-state index contributed by atoms with van der Waals surface area (Å²) in [5.41, 5.74) is 2.82. The van der Waals surface area contributed by atoms with E-state index in [0.717, 1.165) is 24.0 Å². The SMILES string of the molecule is CCCN(CC(=O)N1CCc2sccc2C1COc1ccccc1OC)C(=O)c1ccc(C)cc1. The predicted octanol–water partition coefficient (Wildman–Crippen LogP) is 5.12. The lowest BCUT2D eigenvalue weighted by atomic mass is 10.00. The molecule has 184 valence electrons. The number of ether oxygens (including phenoxy) is 2. The Morgan fingerprint density at radius 2 is 1.83 bits per heavy atom. The van der Waals surface area contributed by atoms with E-state index in [2.05, 4.69) is 11.4 Å². The van der Waals surface area contributed by atoms with Crippen LogP contribution in [-0.2, 0) is 11.2 Å². The number of methoxy groups -OCH3 is 1. The van der Waals surface area contributed by atoms with Gasteiger partial charge in [0.05, 0.1) is 13.2 Å². The Morgan fingerprint density at radius 1 is 1.09 bits per heavy atom. The van der Waals surface area contributed by atoms with Crippen LogP contribution in [0.1, 0.15) is 45.7 Å². The molecule has 1 aliphatic heterocycles. The fourth-order valence-electron chi connectivity index (χ4n) is 4.44. The number of thiophene rings is 1. The largest absolute Gasteiger partial charge is 0.493 e. The minimum absolute atomic E-state index is 0.0468. The van der Waals surface area contributed by atoms with Crippen molar-refractivity contribution in [3.63, 3.8) is 0 Å². The van der Waals surface area contributed by atoms with E-state index in [-0.39, 0.29) is 24.4 Å². The van der Waals surface area contributed by atoms with Crippen molar-refractivity contribution >= 4 is 23.2 Å². The Hall–Kier alpha value is -3.32. The van der Waals surface area contributed by atoms with Gasteiger partial charge < -0.3 is 19.3 Å². The second-order valence-corrected chi connectivity index (χ2v) is 9.71. The third-order valence-electron chi connectivity index (χ3n) is 6.29. The fourth-order valence-corrected chi connectivity index (χ4v) is 5.36. The van der Waals surface area contributed by atoms with Crippen LogP contribution < -0.4 is 9.47 Å². The van der Waals surface area contributed by atoms with E-state index < -0.39 is 0 Å². The topological polar surface area (TPSA) is 59.1 Å². The molecule has 0 radical (unpaired) electrons. The molecule has 0 aliphatic carbocycles. The van der Waals surface area contributed by atoms with Gasteiger partial charge in [-0.05, 0) is 61.0 Å². The highest BCUT2D eigenvalue weighted by atomic mass is 32.1. The van der Waals surface area contributed by atoms with E-state index in [4.69, 9.17) is 9.47 Å². The zero-order valence-corrected chi connectivity index (χ0v) is 21.3. The first-order valence-electron chi connectivity index (χ1n) is 12.0. The van der Waals surface area contributed by atoms with Crippen LogP contribution in [0.4, 0.5) is 0 Å². The van der Waals surface area contributed by atoms with Crippen LogP contribution in [0.25, 0.3) is 0 Å². The van der Waals surface area contributed by atoms with Gasteiger partial charge in [-0.15, -0.1) is 11.3 Å². The molecule has 1 aliphatic rings. The molecule has 2 heterocycles. The Morgan fingerprint density at radius 3 is 2.54 bits per heavy atom. The zero-order chi connectivity index (χ0) is 24.8. The molecule has 0 saturated heterocycles. The van der Waals surface area contributed by atoms with Crippen molar-refractivity contribution in [2.24, 2.45) is 0 Å². The van der Waals surface area contributed by atoms with Crippen molar-refractivity contribution in [1.29, 1.82) is 0 Å². The summed E-state index contributed by atoms with van der Waals surface area (Å²) in [6, 6.07) is 16.9. The molecule has 0 fully saturated rings. The minimum Gasteiger partial charge on any atom is -0.493 e. The summed E-state index contributed by atoms with van der Waals surface area (Å²) in [6.07, 6.45) is 1.59. The van der Waals surface area contributed by atoms with Crippen molar-refractivity contribution in [3.8, 4) is 11.5 Å². The number of para-hydroxylation sites is 2. The average molecular weight is 493 g/mol. The summed E-state index contributed by atoms with van der Waals surface area (Å²) < 4.78 is 11.6. The number of aryl methyl sites for hydroxylation is 1. The van der Waals surface area contributed by atoms with Gasteiger partial charge in [0, 0.05) is 23.5 Å². The number of nitrogens with zero attached hydrogens (tertiary/aromatic N) is 2. The molecule has 7 heteroatoms. The lowest BCUT2D eigenvalue weighted by Crippen LogP contribution is -2.48. The number of rotatable bonds is 9. The third-order valence-corrected chi connectivity index (χ3v) is 7.28. The standard InChI is InChI=1S/C28H32N2O4S/c1-4-15-29(28(32)21-11-9-20(2)10-12-21)18-27(31)30-16-13-26-22(14-17-35-26)23(30)19-34-25-8-6-5-7-24(25)33-3/h5-12,14,17,23H,4,13,15-16,18-19H2,1-3H3. The first-order valence-corrected chi connectivity index (χ1v) is 12.9. The maximum atomic E-state index is 13.6. The summed E-state index contributed by atoms with van der Waals surface area (Å²) in [7, 11) is 1.61. The highest BCUT2D eigenvalue weighted by molar-refractivity contribution is 7.10. The zero-order valence-electron chi connectivity index (χ0n) is 20.5. The second kappa shape index (κ2) is 11.4. The van der Waals surface area contributed by atoms with Gasteiger partial charge in [-0.3, -0.25) is 9.59 Å². The Balaban J connectivity index is 1.53. The summed E-state index contributed by atoms with van der Waals surface area (Å²) in [5.74, 6) is 1.12. The molecular formula is C28H32N2O4S. The first-order chi connectivity index (χ1) is 17.0. The third kappa shape index (κ3) is 5.68. The summed E-state index contributed by atoms with van der Waals surface area (Å²) >= 11 is 1.71. The highest BCUT2D eigenvalue weighted by Crippen LogP contribution is 2.35. The molecule has 1 atom stereocenters. The van der Waals surface area contributed by atoms with E-state index in [1.54, 1.807) is 23.3 Å². The normalized spacial score (nSPS) is 14.8. The van der Waals surface area contributed by atoms with Crippen LogP contribution in [0.2, 0.25) is 0 Å². The van der Waals surface area contributed by atoms with E-state index in [9.17, 15) is 9.59 Å². The van der Waals surface area contributed by atoms with Gasteiger partial charge in [0.2, 0.25) is 5.91 Å². The van der Waals surface area contributed by atoms with Crippen molar-refractivity contribution in [3.05, 3.63) is 81.5 Å². The lowest BCUT2D eigenvalue weighted by Gasteiger charge is -2.37. The molecule has 6 nitrogen and oxygen atoms in total. The molecular weight excluding hydrogens is 460 g/mol. The number of amides is 2. The van der Waals surface area contributed by atoms with E-state index in [1.165, 1.54) is 4.88 Å². The maximum absolute atomic E-state index is 13.6. The Kier molecular flexibility index (Phi) is 8.08. The quantitative estimate of drug-likeness (QED) is 0.416. The van der Waals surface area contributed by atoms with Crippen LogP contribution in [0.5, 0.6) is 11.5 Å². The van der Waals surface area contributed by atoms with Crippen molar-refractivity contribution in [2.45, 2.75) is 32.7 Å². The van der Waals surface area contributed by atoms with E-state index in [1.807, 2.05) is 67.3 Å². The molecule has 3 aromatic rings. The number of hydrogen-bond acceptors (Lipinski definition) is 5. The summed E-state index contributed by atoms with van der Waals surface area (Å²) in [6.45, 7) is 5.50. The number of hydrogen-bond donors (Lipinski definition) is 0. The first kappa shape index (κ1) is 24.8. The molecule has 4 rings (SSSR count). The second-order valence-electron chi connectivity index (χ2n) is 8.71. The summed E-state index contributed by atoms with van der Waals surface area (Å²) in [4.78, 5) is 31.6. The van der Waals surface area contributed by atoms with Crippen molar-refractivity contribution < 1.29 is 19.1 Å². The molecule has 2 aromatic carbocycles. The van der Waals surface area contributed by atoms with Gasteiger partial charge in [-0.2, -0.15) is 0 Å². The monoisotopic (exact) mass is 492 g/mol.